The van der Waals surface area contributed by atoms with Crippen molar-refractivity contribution in [2.75, 3.05) is 26.7 Å². The standard InChI is InChI=1S/C13H16N2O6S/c1-14-22(19,20)10-4-2-3-9(7-10)12(16)15-5-6-21-11(8-15)13(17)18/h2-4,7,11,14H,5-6,8H2,1H3,(H,17,18). The Bertz CT molecular complexity index is 688. The van der Waals surface area contributed by atoms with E-state index in [2.05, 4.69) is 4.72 Å². The maximum Gasteiger partial charge on any atom is 0.334 e. The third kappa shape index (κ3) is 3.43. The van der Waals surface area contributed by atoms with Gasteiger partial charge in [0, 0.05) is 12.1 Å². The molecule has 1 aromatic carbocycles. The number of morpholine rings is 1. The minimum Gasteiger partial charge on any atom is -0.479 e. The summed E-state index contributed by atoms with van der Waals surface area (Å²) < 4.78 is 30.7. The second-order valence-electron chi connectivity index (χ2n) is 4.68. The van der Waals surface area contributed by atoms with Crippen LogP contribution in [0.5, 0.6) is 0 Å². The highest BCUT2D eigenvalue weighted by Crippen LogP contribution is 2.15. The Hall–Kier alpha value is -1.97. The van der Waals surface area contributed by atoms with E-state index in [4.69, 9.17) is 9.84 Å². The molecule has 0 saturated carbocycles. The number of hydrogen-bond acceptors (Lipinski definition) is 5. The molecule has 8 nitrogen and oxygen atoms in total. The van der Waals surface area contributed by atoms with Crippen LogP contribution in [0.25, 0.3) is 0 Å². The maximum absolute atomic E-state index is 12.4. The van der Waals surface area contributed by atoms with Crippen molar-refractivity contribution in [2.24, 2.45) is 0 Å². The van der Waals surface area contributed by atoms with Crippen molar-refractivity contribution in [3.8, 4) is 0 Å². The molecule has 1 heterocycles. The van der Waals surface area contributed by atoms with Crippen molar-refractivity contribution < 1.29 is 27.9 Å². The van der Waals surface area contributed by atoms with Gasteiger partial charge in [0.05, 0.1) is 18.0 Å². The van der Waals surface area contributed by atoms with E-state index in [0.29, 0.717) is 0 Å². The SMILES string of the molecule is CNS(=O)(=O)c1cccc(C(=O)N2CCOC(C(=O)O)C2)c1. The zero-order valence-electron chi connectivity index (χ0n) is 11.9. The number of benzene rings is 1. The fraction of sp³-hybridized carbons (Fsp3) is 0.385. The van der Waals surface area contributed by atoms with E-state index in [1.165, 1.54) is 36.2 Å². The highest BCUT2D eigenvalue weighted by molar-refractivity contribution is 7.89. The van der Waals surface area contributed by atoms with Crippen LogP contribution in [0.15, 0.2) is 29.2 Å². The summed E-state index contributed by atoms with van der Waals surface area (Å²) in [6, 6.07) is 5.59. The second-order valence-corrected chi connectivity index (χ2v) is 6.57. The molecule has 0 bridgehead atoms. The number of carbonyl (C=O) groups excluding carboxylic acids is 1. The van der Waals surface area contributed by atoms with Crippen LogP contribution in [0.4, 0.5) is 0 Å². The number of sulfonamides is 1. The molecule has 0 aliphatic carbocycles. The molecule has 1 fully saturated rings. The van der Waals surface area contributed by atoms with Crippen LogP contribution in [0.3, 0.4) is 0 Å². The Balaban J connectivity index is 2.23. The maximum atomic E-state index is 12.4. The molecule has 2 rings (SSSR count). The van der Waals surface area contributed by atoms with Crippen molar-refractivity contribution in [3.05, 3.63) is 29.8 Å². The minimum absolute atomic E-state index is 0.0242. The molecule has 1 aromatic rings. The van der Waals surface area contributed by atoms with Gasteiger partial charge in [-0.3, -0.25) is 4.79 Å². The molecule has 2 N–H and O–H groups in total. The summed E-state index contributed by atoms with van der Waals surface area (Å²) in [4.78, 5) is 24.6. The Morgan fingerprint density at radius 2 is 2.14 bits per heavy atom. The zero-order chi connectivity index (χ0) is 16.3. The van der Waals surface area contributed by atoms with Crippen molar-refractivity contribution in [3.63, 3.8) is 0 Å². The molecule has 0 spiro atoms. The Labute approximate surface area is 127 Å². The van der Waals surface area contributed by atoms with Gasteiger partial charge in [-0.05, 0) is 25.2 Å². The summed E-state index contributed by atoms with van der Waals surface area (Å²) in [6.07, 6.45) is -1.07. The van der Waals surface area contributed by atoms with Crippen LogP contribution in [0.2, 0.25) is 0 Å². The number of ether oxygens (including phenoxy) is 1. The fourth-order valence-electron chi connectivity index (χ4n) is 2.08. The number of aliphatic carboxylic acids is 1. The van der Waals surface area contributed by atoms with E-state index < -0.39 is 28.0 Å². The predicted octanol–water partition coefficient (Wildman–Crippen LogP) is -0.480. The highest BCUT2D eigenvalue weighted by atomic mass is 32.2. The van der Waals surface area contributed by atoms with E-state index in [1.807, 2.05) is 0 Å². The number of hydrogen-bond donors (Lipinski definition) is 2. The second kappa shape index (κ2) is 6.42. The van der Waals surface area contributed by atoms with Gasteiger partial charge in [-0.2, -0.15) is 0 Å². The first-order valence-corrected chi connectivity index (χ1v) is 8.01. The van der Waals surface area contributed by atoms with Gasteiger partial charge in [0.1, 0.15) is 0 Å². The smallest absolute Gasteiger partial charge is 0.334 e. The molecular weight excluding hydrogens is 312 g/mol. The van der Waals surface area contributed by atoms with Crippen LogP contribution in [0, 0.1) is 0 Å². The molecule has 1 saturated heterocycles. The van der Waals surface area contributed by atoms with Crippen LogP contribution in [-0.4, -0.2) is 63.1 Å². The lowest BCUT2D eigenvalue weighted by Gasteiger charge is -2.31. The zero-order valence-corrected chi connectivity index (χ0v) is 12.7. The van der Waals surface area contributed by atoms with Gasteiger partial charge in [0.15, 0.2) is 6.10 Å². The summed E-state index contributed by atoms with van der Waals surface area (Å²) in [5, 5.41) is 8.94. The molecule has 1 atom stereocenters. The van der Waals surface area contributed by atoms with E-state index >= 15 is 0 Å². The molecule has 0 aromatic heterocycles. The topological polar surface area (TPSA) is 113 Å². The van der Waals surface area contributed by atoms with Crippen molar-refractivity contribution in [1.29, 1.82) is 0 Å². The molecule has 1 aliphatic rings. The molecule has 1 unspecified atom stereocenters. The quantitative estimate of drug-likeness (QED) is 0.772. The molecule has 9 heteroatoms. The number of carboxylic acids is 1. The van der Waals surface area contributed by atoms with Gasteiger partial charge in [0.2, 0.25) is 10.0 Å². The number of carboxylic acid groups (broad SMARTS) is 1. The van der Waals surface area contributed by atoms with Gasteiger partial charge >= 0.3 is 5.97 Å². The van der Waals surface area contributed by atoms with Crippen LogP contribution in [0.1, 0.15) is 10.4 Å². The lowest BCUT2D eigenvalue weighted by Crippen LogP contribution is -2.48. The average Bonchev–Trinajstić information content (AvgIpc) is 2.54. The van der Waals surface area contributed by atoms with Gasteiger partial charge in [-0.25, -0.2) is 17.9 Å². The first-order chi connectivity index (χ1) is 10.3. The summed E-state index contributed by atoms with van der Waals surface area (Å²) in [5.74, 6) is -1.56. The largest absolute Gasteiger partial charge is 0.479 e. The summed E-state index contributed by atoms with van der Waals surface area (Å²) in [7, 11) is -2.37. The fourth-order valence-corrected chi connectivity index (χ4v) is 2.86. The Morgan fingerprint density at radius 1 is 1.41 bits per heavy atom. The first kappa shape index (κ1) is 16.4. The number of amides is 1. The summed E-state index contributed by atoms with van der Waals surface area (Å²) >= 11 is 0. The molecular formula is C13H16N2O6S. The summed E-state index contributed by atoms with van der Waals surface area (Å²) in [6.45, 7) is 0.306. The van der Waals surface area contributed by atoms with Gasteiger partial charge < -0.3 is 14.7 Å². The van der Waals surface area contributed by atoms with E-state index in [0.717, 1.165) is 0 Å². The Morgan fingerprint density at radius 3 is 2.77 bits per heavy atom. The van der Waals surface area contributed by atoms with Crippen molar-refractivity contribution in [1.82, 2.24) is 9.62 Å². The molecule has 0 radical (unpaired) electrons. The van der Waals surface area contributed by atoms with E-state index in [-0.39, 0.29) is 30.2 Å². The predicted molar refractivity (Wildman–Crippen MR) is 76.0 cm³/mol. The van der Waals surface area contributed by atoms with Gasteiger partial charge in [-0.15, -0.1) is 0 Å². The third-order valence-corrected chi connectivity index (χ3v) is 4.70. The molecule has 120 valence electrons. The highest BCUT2D eigenvalue weighted by Gasteiger charge is 2.29. The van der Waals surface area contributed by atoms with Crippen LogP contribution in [-0.2, 0) is 19.6 Å². The van der Waals surface area contributed by atoms with Crippen molar-refractivity contribution >= 4 is 21.9 Å². The molecule has 1 amide bonds. The molecule has 22 heavy (non-hydrogen) atoms. The number of nitrogens with one attached hydrogen (secondary N) is 1. The molecule has 1 aliphatic heterocycles. The number of carbonyl (C=O) groups is 2. The van der Waals surface area contributed by atoms with Gasteiger partial charge in [-0.1, -0.05) is 6.07 Å². The number of nitrogens with zero attached hydrogens (tertiary/aromatic N) is 1. The minimum atomic E-state index is -3.65. The van der Waals surface area contributed by atoms with Crippen LogP contribution < -0.4 is 4.72 Å². The monoisotopic (exact) mass is 328 g/mol. The van der Waals surface area contributed by atoms with E-state index in [1.54, 1.807) is 0 Å². The van der Waals surface area contributed by atoms with E-state index in [9.17, 15) is 18.0 Å². The van der Waals surface area contributed by atoms with Crippen LogP contribution >= 0.6 is 0 Å². The summed E-state index contributed by atoms with van der Waals surface area (Å²) in [5.41, 5.74) is 0.183. The first-order valence-electron chi connectivity index (χ1n) is 6.52. The lowest BCUT2D eigenvalue weighted by molar-refractivity contribution is -0.154. The third-order valence-electron chi connectivity index (χ3n) is 3.29. The van der Waals surface area contributed by atoms with Crippen molar-refractivity contribution in [2.45, 2.75) is 11.0 Å². The average molecular weight is 328 g/mol. The normalized spacial score (nSPS) is 19.0. The number of rotatable bonds is 4. The lowest BCUT2D eigenvalue weighted by atomic mass is 10.1. The van der Waals surface area contributed by atoms with Gasteiger partial charge in [0.25, 0.3) is 5.91 Å². The Kier molecular flexibility index (Phi) is 4.79.